The van der Waals surface area contributed by atoms with E-state index in [4.69, 9.17) is 16.0 Å². The summed E-state index contributed by atoms with van der Waals surface area (Å²) in [5, 5.41) is 6.89. The number of anilines is 3. The number of Topliss-reactive ketones (excluding diaryl/α,β-unsaturated/α-hetero) is 1. The SMILES string of the molecule is CC1(C)CC(=O)C2=C(C1)Nc1ccccc1N(CC(=O)Nc1ccccc1Cl)[C@H]2c1ccco1. The van der Waals surface area contributed by atoms with Gasteiger partial charge in [-0.05, 0) is 48.2 Å². The lowest BCUT2D eigenvalue weighted by atomic mass is 9.74. The molecule has 7 heteroatoms. The first kappa shape index (κ1) is 22.3. The van der Waals surface area contributed by atoms with Gasteiger partial charge in [0.1, 0.15) is 11.8 Å². The molecule has 0 saturated heterocycles. The van der Waals surface area contributed by atoms with Crippen LogP contribution in [0.5, 0.6) is 0 Å². The second kappa shape index (κ2) is 8.69. The fraction of sp³-hybridized carbons (Fsp3) is 0.259. The predicted octanol–water partition coefficient (Wildman–Crippen LogP) is 6.19. The average molecular weight is 476 g/mol. The number of fused-ring (bicyclic) bond motifs is 1. The molecular weight excluding hydrogens is 450 g/mol. The second-order valence-electron chi connectivity index (χ2n) is 9.55. The van der Waals surface area contributed by atoms with E-state index in [1.165, 1.54) is 0 Å². The van der Waals surface area contributed by atoms with Crippen LogP contribution in [0.4, 0.5) is 17.1 Å². The maximum absolute atomic E-state index is 13.5. The number of carbonyl (C=O) groups is 2. The fourth-order valence-corrected chi connectivity index (χ4v) is 5.06. The largest absolute Gasteiger partial charge is 0.467 e. The highest BCUT2D eigenvalue weighted by Crippen LogP contribution is 2.48. The third-order valence-corrected chi connectivity index (χ3v) is 6.61. The molecule has 0 radical (unpaired) electrons. The molecular formula is C27H26ClN3O3. The van der Waals surface area contributed by atoms with Crippen molar-refractivity contribution in [2.75, 3.05) is 22.1 Å². The van der Waals surface area contributed by atoms with Crippen molar-refractivity contribution in [3.8, 4) is 0 Å². The molecule has 34 heavy (non-hydrogen) atoms. The summed E-state index contributed by atoms with van der Waals surface area (Å²) in [6, 6.07) is 18.0. The first-order valence-electron chi connectivity index (χ1n) is 11.3. The van der Waals surface area contributed by atoms with Gasteiger partial charge >= 0.3 is 0 Å². The molecule has 2 aromatic carbocycles. The van der Waals surface area contributed by atoms with E-state index in [1.807, 2.05) is 47.4 Å². The molecule has 1 aliphatic carbocycles. The average Bonchev–Trinajstić information content (AvgIpc) is 3.27. The van der Waals surface area contributed by atoms with Crippen LogP contribution >= 0.6 is 11.6 Å². The predicted molar refractivity (Wildman–Crippen MR) is 134 cm³/mol. The van der Waals surface area contributed by atoms with Gasteiger partial charge in [-0.1, -0.05) is 49.7 Å². The number of para-hydroxylation sites is 3. The Morgan fingerprint density at radius 1 is 1.12 bits per heavy atom. The van der Waals surface area contributed by atoms with E-state index in [1.54, 1.807) is 24.5 Å². The van der Waals surface area contributed by atoms with Crippen LogP contribution in [-0.2, 0) is 9.59 Å². The molecule has 3 aromatic rings. The van der Waals surface area contributed by atoms with Gasteiger partial charge in [0.15, 0.2) is 5.78 Å². The molecule has 5 rings (SSSR count). The molecule has 0 fully saturated rings. The minimum absolute atomic E-state index is 0.00271. The topological polar surface area (TPSA) is 74.6 Å². The van der Waals surface area contributed by atoms with Gasteiger partial charge in [0.25, 0.3) is 0 Å². The van der Waals surface area contributed by atoms with E-state index in [-0.39, 0.29) is 23.7 Å². The Bertz CT molecular complexity index is 1280. The number of halogens is 1. The van der Waals surface area contributed by atoms with E-state index in [9.17, 15) is 9.59 Å². The van der Waals surface area contributed by atoms with Crippen molar-refractivity contribution in [2.45, 2.75) is 32.7 Å². The Hall–Kier alpha value is -3.51. The van der Waals surface area contributed by atoms with Gasteiger partial charge in [0.05, 0.1) is 34.9 Å². The summed E-state index contributed by atoms with van der Waals surface area (Å²) in [5.41, 5.74) is 3.57. The van der Waals surface area contributed by atoms with Gasteiger partial charge in [-0.15, -0.1) is 0 Å². The van der Waals surface area contributed by atoms with Gasteiger partial charge in [0, 0.05) is 17.7 Å². The Morgan fingerprint density at radius 3 is 2.65 bits per heavy atom. The van der Waals surface area contributed by atoms with Crippen molar-refractivity contribution in [1.29, 1.82) is 0 Å². The zero-order valence-electron chi connectivity index (χ0n) is 19.1. The quantitative estimate of drug-likeness (QED) is 0.470. The van der Waals surface area contributed by atoms with Crippen molar-refractivity contribution < 1.29 is 14.0 Å². The summed E-state index contributed by atoms with van der Waals surface area (Å²) in [7, 11) is 0. The Balaban J connectivity index is 1.61. The maximum atomic E-state index is 13.5. The number of hydrogen-bond acceptors (Lipinski definition) is 5. The number of benzene rings is 2. The van der Waals surface area contributed by atoms with Gasteiger partial charge in [-0.3, -0.25) is 9.59 Å². The van der Waals surface area contributed by atoms with Crippen molar-refractivity contribution >= 4 is 40.4 Å². The number of nitrogens with zero attached hydrogens (tertiary/aromatic N) is 1. The van der Waals surface area contributed by atoms with E-state index in [0.717, 1.165) is 23.5 Å². The molecule has 0 unspecified atom stereocenters. The zero-order chi connectivity index (χ0) is 23.9. The molecule has 0 bridgehead atoms. The van der Waals surface area contributed by atoms with Crippen LogP contribution in [0.1, 0.15) is 38.5 Å². The summed E-state index contributed by atoms with van der Waals surface area (Å²) < 4.78 is 5.83. The lowest BCUT2D eigenvalue weighted by Gasteiger charge is -2.36. The summed E-state index contributed by atoms with van der Waals surface area (Å²) >= 11 is 6.26. The van der Waals surface area contributed by atoms with Crippen molar-refractivity contribution in [3.63, 3.8) is 0 Å². The molecule has 0 saturated carbocycles. The van der Waals surface area contributed by atoms with Crippen molar-refractivity contribution in [2.24, 2.45) is 5.41 Å². The first-order valence-corrected chi connectivity index (χ1v) is 11.7. The van der Waals surface area contributed by atoms with Gasteiger partial charge < -0.3 is 20.0 Å². The number of ketones is 1. The standard InChI is InChI=1S/C27H26ClN3O3/c1-27(2)14-20-25(22(32)15-27)26(23-12-7-13-34-23)31(21-11-6-5-10-19(21)29-20)16-24(33)30-18-9-4-3-8-17(18)28/h3-13,26,29H,14-16H2,1-2H3,(H,30,33)/t26-/m0/s1. The number of amides is 1. The van der Waals surface area contributed by atoms with E-state index >= 15 is 0 Å². The first-order chi connectivity index (χ1) is 16.3. The second-order valence-corrected chi connectivity index (χ2v) is 9.96. The number of furan rings is 1. The fourth-order valence-electron chi connectivity index (χ4n) is 4.88. The minimum atomic E-state index is -0.540. The number of allylic oxidation sites excluding steroid dienone is 1. The van der Waals surface area contributed by atoms with Crippen molar-refractivity contribution in [3.05, 3.63) is 89.0 Å². The van der Waals surface area contributed by atoms with E-state index in [2.05, 4.69) is 24.5 Å². The number of rotatable bonds is 4. The van der Waals surface area contributed by atoms with Crippen LogP contribution in [0.3, 0.4) is 0 Å². The third kappa shape index (κ3) is 4.21. The Morgan fingerprint density at radius 2 is 1.88 bits per heavy atom. The van der Waals surface area contributed by atoms with Crippen LogP contribution in [0.25, 0.3) is 0 Å². The summed E-state index contributed by atoms with van der Waals surface area (Å²) in [4.78, 5) is 28.7. The van der Waals surface area contributed by atoms with Crippen molar-refractivity contribution in [1.82, 2.24) is 0 Å². The highest BCUT2D eigenvalue weighted by atomic mass is 35.5. The smallest absolute Gasteiger partial charge is 0.243 e. The number of carbonyl (C=O) groups excluding carboxylic acids is 2. The van der Waals surface area contributed by atoms with Crippen LogP contribution < -0.4 is 15.5 Å². The van der Waals surface area contributed by atoms with E-state index in [0.29, 0.717) is 28.5 Å². The van der Waals surface area contributed by atoms with Crippen LogP contribution in [0, 0.1) is 5.41 Å². The molecule has 2 aliphatic rings. The third-order valence-electron chi connectivity index (χ3n) is 6.28. The summed E-state index contributed by atoms with van der Waals surface area (Å²) in [6.07, 6.45) is 2.75. The van der Waals surface area contributed by atoms with Crippen LogP contribution in [0.15, 0.2) is 82.6 Å². The molecule has 1 amide bonds. The van der Waals surface area contributed by atoms with Crippen LogP contribution in [-0.4, -0.2) is 18.2 Å². The molecule has 6 nitrogen and oxygen atoms in total. The summed E-state index contributed by atoms with van der Waals surface area (Å²) in [5.74, 6) is 0.432. The molecule has 1 atom stereocenters. The number of hydrogen-bond donors (Lipinski definition) is 2. The van der Waals surface area contributed by atoms with E-state index < -0.39 is 6.04 Å². The number of nitrogens with one attached hydrogen (secondary N) is 2. The molecule has 1 aliphatic heterocycles. The highest BCUT2D eigenvalue weighted by Gasteiger charge is 2.42. The van der Waals surface area contributed by atoms with Crippen LogP contribution in [0.2, 0.25) is 5.02 Å². The molecule has 0 spiro atoms. The molecule has 2 N–H and O–H groups in total. The Labute approximate surface area is 203 Å². The Kier molecular flexibility index (Phi) is 5.70. The monoisotopic (exact) mass is 475 g/mol. The minimum Gasteiger partial charge on any atom is -0.467 e. The normalized spacial score (nSPS) is 19.1. The zero-order valence-corrected chi connectivity index (χ0v) is 19.9. The van der Waals surface area contributed by atoms with Gasteiger partial charge in [0.2, 0.25) is 5.91 Å². The van der Waals surface area contributed by atoms with Gasteiger partial charge in [-0.2, -0.15) is 0 Å². The lowest BCUT2D eigenvalue weighted by Crippen LogP contribution is -2.40. The summed E-state index contributed by atoms with van der Waals surface area (Å²) in [6.45, 7) is 4.20. The highest BCUT2D eigenvalue weighted by molar-refractivity contribution is 6.33. The lowest BCUT2D eigenvalue weighted by molar-refractivity contribution is -0.119. The molecule has 1 aromatic heterocycles. The maximum Gasteiger partial charge on any atom is 0.243 e. The molecule has 2 heterocycles. The molecule has 174 valence electrons. The van der Waals surface area contributed by atoms with Gasteiger partial charge in [-0.25, -0.2) is 0 Å².